The van der Waals surface area contributed by atoms with Crippen molar-refractivity contribution in [2.75, 3.05) is 11.4 Å². The molecular weight excluding hydrogens is 288 g/mol. The van der Waals surface area contributed by atoms with Crippen LogP contribution in [0.2, 0.25) is 5.15 Å². The number of anilines is 1. The van der Waals surface area contributed by atoms with Gasteiger partial charge in [-0.15, -0.1) is 0 Å². The van der Waals surface area contributed by atoms with Crippen molar-refractivity contribution in [3.05, 3.63) is 47.7 Å². The molecule has 0 atom stereocenters. The summed E-state index contributed by atoms with van der Waals surface area (Å²) in [6.45, 7) is 0. The first-order valence-corrected chi connectivity index (χ1v) is 7.13. The lowest BCUT2D eigenvalue weighted by atomic mass is 10.3. The molecule has 19 heavy (non-hydrogen) atoms. The zero-order chi connectivity index (χ0) is 14.0. The quantitative estimate of drug-likeness (QED) is 0.883. The second-order valence-electron chi connectivity index (χ2n) is 3.78. The molecular formula is C12H11ClN2O3S. The Hall–Kier alpha value is -1.79. The molecule has 5 nitrogen and oxygen atoms in total. The fourth-order valence-corrected chi connectivity index (χ4v) is 3.15. The number of benzene rings is 1. The van der Waals surface area contributed by atoms with E-state index >= 15 is 0 Å². The molecule has 2 aromatic rings. The Morgan fingerprint density at radius 1 is 1.26 bits per heavy atom. The van der Waals surface area contributed by atoms with Crippen LogP contribution in [0.5, 0.6) is 5.75 Å². The summed E-state index contributed by atoms with van der Waals surface area (Å²) in [6, 6.07) is 8.81. The van der Waals surface area contributed by atoms with E-state index in [-0.39, 0.29) is 15.8 Å². The van der Waals surface area contributed by atoms with Gasteiger partial charge in [0.15, 0.2) is 0 Å². The van der Waals surface area contributed by atoms with E-state index in [9.17, 15) is 13.5 Å². The van der Waals surface area contributed by atoms with Crippen molar-refractivity contribution in [1.82, 2.24) is 4.98 Å². The smallest absolute Gasteiger partial charge is 0.267 e. The molecule has 0 aliphatic rings. The first-order valence-electron chi connectivity index (χ1n) is 5.31. The van der Waals surface area contributed by atoms with Crippen LogP contribution in [0, 0.1) is 0 Å². The third-order valence-corrected chi connectivity index (χ3v) is 4.79. The Labute approximate surface area is 116 Å². The number of halogens is 1. The van der Waals surface area contributed by atoms with Crippen molar-refractivity contribution in [2.45, 2.75) is 4.90 Å². The van der Waals surface area contributed by atoms with E-state index in [0.29, 0.717) is 5.69 Å². The first kappa shape index (κ1) is 13.6. The third-order valence-electron chi connectivity index (χ3n) is 2.56. The van der Waals surface area contributed by atoms with Gasteiger partial charge in [-0.2, -0.15) is 0 Å². The molecule has 0 saturated heterocycles. The molecule has 0 saturated carbocycles. The van der Waals surface area contributed by atoms with Crippen molar-refractivity contribution in [3.63, 3.8) is 0 Å². The average molecular weight is 299 g/mol. The lowest BCUT2D eigenvalue weighted by molar-refractivity contribution is 0.475. The minimum Gasteiger partial charge on any atom is -0.508 e. The highest BCUT2D eigenvalue weighted by molar-refractivity contribution is 7.92. The summed E-state index contributed by atoms with van der Waals surface area (Å²) in [6.07, 6.45) is 1.41. The zero-order valence-electron chi connectivity index (χ0n) is 9.99. The van der Waals surface area contributed by atoms with Crippen molar-refractivity contribution in [2.24, 2.45) is 0 Å². The number of aromatic hydroxyl groups is 1. The van der Waals surface area contributed by atoms with E-state index in [1.165, 1.54) is 37.5 Å². The SMILES string of the molecule is CN(c1cccc(O)c1)S(=O)(=O)c1cccnc1Cl. The van der Waals surface area contributed by atoms with Crippen LogP contribution < -0.4 is 4.31 Å². The molecule has 0 fully saturated rings. The number of rotatable bonds is 3. The number of sulfonamides is 1. The largest absolute Gasteiger partial charge is 0.508 e. The lowest BCUT2D eigenvalue weighted by Gasteiger charge is -2.19. The van der Waals surface area contributed by atoms with Gasteiger partial charge in [-0.05, 0) is 24.3 Å². The minimum absolute atomic E-state index is 0.0168. The highest BCUT2D eigenvalue weighted by Gasteiger charge is 2.24. The number of phenolic OH excluding ortho intramolecular Hbond substituents is 1. The van der Waals surface area contributed by atoms with E-state index in [0.717, 1.165) is 4.31 Å². The van der Waals surface area contributed by atoms with Crippen LogP contribution in [0.4, 0.5) is 5.69 Å². The van der Waals surface area contributed by atoms with E-state index in [1.807, 2.05) is 0 Å². The number of hydrogen-bond acceptors (Lipinski definition) is 4. The lowest BCUT2D eigenvalue weighted by Crippen LogP contribution is -2.26. The highest BCUT2D eigenvalue weighted by atomic mass is 35.5. The first-order chi connectivity index (χ1) is 8.93. The standard InChI is InChI=1S/C12H11ClN2O3S/c1-15(9-4-2-5-10(16)8-9)19(17,18)11-6-3-7-14-12(11)13/h2-8,16H,1H3. The minimum atomic E-state index is -3.81. The van der Waals surface area contributed by atoms with E-state index in [4.69, 9.17) is 11.6 Å². The highest BCUT2D eigenvalue weighted by Crippen LogP contribution is 2.27. The summed E-state index contributed by atoms with van der Waals surface area (Å²) < 4.78 is 25.8. The summed E-state index contributed by atoms with van der Waals surface area (Å²) in [5.74, 6) is -0.0168. The molecule has 1 N–H and O–H groups in total. The van der Waals surface area contributed by atoms with Crippen LogP contribution in [0.15, 0.2) is 47.5 Å². The van der Waals surface area contributed by atoms with Crippen molar-refractivity contribution < 1.29 is 13.5 Å². The Kier molecular flexibility index (Phi) is 3.64. The maximum Gasteiger partial charge on any atom is 0.267 e. The van der Waals surface area contributed by atoms with Gasteiger partial charge < -0.3 is 5.11 Å². The van der Waals surface area contributed by atoms with Gasteiger partial charge in [0.2, 0.25) is 0 Å². The molecule has 1 aromatic carbocycles. The second kappa shape index (κ2) is 5.07. The van der Waals surface area contributed by atoms with Crippen LogP contribution in [-0.4, -0.2) is 25.6 Å². The van der Waals surface area contributed by atoms with Crippen molar-refractivity contribution in [3.8, 4) is 5.75 Å². The van der Waals surface area contributed by atoms with Crippen molar-refractivity contribution >= 4 is 27.3 Å². The van der Waals surface area contributed by atoms with Crippen molar-refractivity contribution in [1.29, 1.82) is 0 Å². The third kappa shape index (κ3) is 2.64. The molecule has 0 spiro atoms. The summed E-state index contributed by atoms with van der Waals surface area (Å²) >= 11 is 5.81. The normalized spacial score (nSPS) is 11.3. The molecule has 0 aliphatic heterocycles. The molecule has 1 aromatic heterocycles. The van der Waals surface area contributed by atoms with Crippen LogP contribution in [0.25, 0.3) is 0 Å². The topological polar surface area (TPSA) is 70.5 Å². The average Bonchev–Trinajstić information content (AvgIpc) is 2.38. The van der Waals surface area contributed by atoms with Gasteiger partial charge in [0, 0.05) is 19.3 Å². The molecule has 0 amide bonds. The molecule has 1 heterocycles. The predicted octanol–water partition coefficient (Wildman–Crippen LogP) is 2.27. The molecule has 2 rings (SSSR count). The van der Waals surface area contributed by atoms with Gasteiger partial charge >= 0.3 is 0 Å². The fourth-order valence-electron chi connectivity index (χ4n) is 1.54. The van der Waals surface area contributed by atoms with Crippen LogP contribution in [0.3, 0.4) is 0 Å². The number of hydrogen-bond donors (Lipinski definition) is 1. The number of nitrogens with zero attached hydrogens (tertiary/aromatic N) is 2. The number of phenols is 1. The van der Waals surface area contributed by atoms with Crippen LogP contribution >= 0.6 is 11.6 Å². The Morgan fingerprint density at radius 2 is 2.00 bits per heavy atom. The summed E-state index contributed by atoms with van der Waals surface area (Å²) in [4.78, 5) is 3.67. The Balaban J connectivity index is 2.49. The van der Waals surface area contributed by atoms with Gasteiger partial charge in [-0.1, -0.05) is 17.7 Å². The molecule has 100 valence electrons. The molecule has 0 radical (unpaired) electrons. The molecule has 0 bridgehead atoms. The van der Waals surface area contributed by atoms with E-state index in [1.54, 1.807) is 12.1 Å². The fraction of sp³-hybridized carbons (Fsp3) is 0.0833. The Bertz CT molecular complexity index is 704. The molecule has 7 heteroatoms. The number of aromatic nitrogens is 1. The molecule has 0 unspecified atom stereocenters. The monoisotopic (exact) mass is 298 g/mol. The summed E-state index contributed by atoms with van der Waals surface area (Å²) in [7, 11) is -2.43. The maximum absolute atomic E-state index is 12.4. The summed E-state index contributed by atoms with van der Waals surface area (Å²) in [5, 5.41) is 9.30. The van der Waals surface area contributed by atoms with Crippen LogP contribution in [0.1, 0.15) is 0 Å². The van der Waals surface area contributed by atoms with Gasteiger partial charge in [-0.25, -0.2) is 13.4 Å². The van der Waals surface area contributed by atoms with Crippen LogP contribution in [-0.2, 0) is 10.0 Å². The summed E-state index contributed by atoms with van der Waals surface area (Å²) in [5.41, 5.74) is 0.333. The second-order valence-corrected chi connectivity index (χ2v) is 6.08. The van der Waals surface area contributed by atoms with Gasteiger partial charge in [-0.3, -0.25) is 4.31 Å². The molecule has 0 aliphatic carbocycles. The van der Waals surface area contributed by atoms with E-state index < -0.39 is 10.0 Å². The van der Waals surface area contributed by atoms with Gasteiger partial charge in [0.05, 0.1) is 5.69 Å². The Morgan fingerprint density at radius 3 is 2.63 bits per heavy atom. The predicted molar refractivity (Wildman–Crippen MR) is 72.9 cm³/mol. The number of pyridine rings is 1. The maximum atomic E-state index is 12.4. The van der Waals surface area contributed by atoms with Gasteiger partial charge in [0.25, 0.3) is 10.0 Å². The van der Waals surface area contributed by atoms with Gasteiger partial charge in [0.1, 0.15) is 15.8 Å². The zero-order valence-corrected chi connectivity index (χ0v) is 11.6. The van der Waals surface area contributed by atoms with E-state index in [2.05, 4.69) is 4.98 Å².